The van der Waals surface area contributed by atoms with E-state index in [4.69, 9.17) is 0 Å². The van der Waals surface area contributed by atoms with Crippen molar-refractivity contribution in [1.82, 2.24) is 4.90 Å². The number of fused-ring (bicyclic) bond motifs is 1. The number of nitrogens with one attached hydrogen (secondary N) is 2. The third kappa shape index (κ3) is 3.97. The van der Waals surface area contributed by atoms with Gasteiger partial charge in [0.15, 0.2) is 5.84 Å². The second kappa shape index (κ2) is 8.12. The quantitative estimate of drug-likeness (QED) is 0.639. The van der Waals surface area contributed by atoms with Gasteiger partial charge in [-0.15, -0.1) is 4.40 Å². The maximum atomic E-state index is 12.9. The molecule has 0 aromatic heterocycles. The number of hydrogen-bond acceptors (Lipinski definition) is 5. The number of amidine groups is 1. The van der Waals surface area contributed by atoms with Crippen molar-refractivity contribution in [2.45, 2.75) is 17.4 Å². The molecule has 0 radical (unpaired) electrons. The topological polar surface area (TPSA) is 90.9 Å². The summed E-state index contributed by atoms with van der Waals surface area (Å²) >= 11 is 0. The van der Waals surface area contributed by atoms with Gasteiger partial charge in [0.1, 0.15) is 4.90 Å². The van der Waals surface area contributed by atoms with Gasteiger partial charge in [-0.2, -0.15) is 8.42 Å². The summed E-state index contributed by atoms with van der Waals surface area (Å²) in [5.41, 5.74) is 2.86. The monoisotopic (exact) mass is 446 g/mol. The van der Waals surface area contributed by atoms with Crippen LogP contribution in [0.3, 0.4) is 0 Å². The van der Waals surface area contributed by atoms with Crippen LogP contribution in [-0.4, -0.2) is 44.2 Å². The number of carbonyl (C=O) groups is 1. The lowest BCUT2D eigenvalue weighted by Crippen LogP contribution is -2.31. The zero-order valence-corrected chi connectivity index (χ0v) is 18.0. The van der Waals surface area contributed by atoms with E-state index in [-0.39, 0.29) is 22.7 Å². The smallest absolute Gasteiger partial charge is 0.285 e. The Morgan fingerprint density at radius 1 is 0.906 bits per heavy atom. The van der Waals surface area contributed by atoms with Crippen LogP contribution in [0.4, 0.5) is 11.4 Å². The van der Waals surface area contributed by atoms with E-state index in [1.165, 1.54) is 0 Å². The number of para-hydroxylation sites is 1. The van der Waals surface area contributed by atoms with Gasteiger partial charge in [-0.3, -0.25) is 4.79 Å². The van der Waals surface area contributed by atoms with Crippen LogP contribution in [0.2, 0.25) is 0 Å². The minimum absolute atomic E-state index is 0.0138. The van der Waals surface area contributed by atoms with E-state index in [0.29, 0.717) is 29.9 Å². The molecule has 162 valence electrons. The van der Waals surface area contributed by atoms with Crippen LogP contribution in [0.1, 0.15) is 22.3 Å². The Hall–Kier alpha value is -3.65. The van der Waals surface area contributed by atoms with Crippen LogP contribution in [0.15, 0.2) is 88.2 Å². The summed E-state index contributed by atoms with van der Waals surface area (Å²) in [6, 6.07) is 24.0. The summed E-state index contributed by atoms with van der Waals surface area (Å²) in [5.74, 6) is 0.272. The first-order valence-corrected chi connectivity index (χ1v) is 11.9. The first-order chi connectivity index (χ1) is 15.5. The van der Waals surface area contributed by atoms with Crippen LogP contribution in [0, 0.1) is 0 Å². The van der Waals surface area contributed by atoms with Crippen molar-refractivity contribution in [1.29, 1.82) is 0 Å². The number of sulfonamides is 1. The van der Waals surface area contributed by atoms with E-state index in [1.54, 1.807) is 48.5 Å². The highest BCUT2D eigenvalue weighted by atomic mass is 32.2. The minimum atomic E-state index is -3.68. The van der Waals surface area contributed by atoms with Crippen molar-refractivity contribution in [3.63, 3.8) is 0 Å². The minimum Gasteiger partial charge on any atom is -0.380 e. The Kier molecular flexibility index (Phi) is 5.14. The van der Waals surface area contributed by atoms with Crippen molar-refractivity contribution in [2.75, 3.05) is 23.7 Å². The third-order valence-electron chi connectivity index (χ3n) is 5.65. The molecule has 8 heteroatoms. The molecule has 2 aliphatic rings. The fraction of sp³-hybridized carbons (Fsp3) is 0.167. The summed E-state index contributed by atoms with van der Waals surface area (Å²) in [6.07, 6.45) is 0.897. The molecule has 0 spiro atoms. The Balaban J connectivity index is 1.24. The summed E-state index contributed by atoms with van der Waals surface area (Å²) in [7, 11) is -3.68. The Bertz CT molecular complexity index is 1290. The molecule has 1 atom stereocenters. The molecule has 1 fully saturated rings. The van der Waals surface area contributed by atoms with Crippen LogP contribution in [0.5, 0.6) is 0 Å². The Labute approximate surface area is 186 Å². The van der Waals surface area contributed by atoms with Crippen LogP contribution < -0.4 is 10.6 Å². The number of hydrogen-bond donors (Lipinski definition) is 2. The third-order valence-corrected chi connectivity index (χ3v) is 6.98. The highest BCUT2D eigenvalue weighted by Gasteiger charge is 2.29. The van der Waals surface area contributed by atoms with Gasteiger partial charge in [0, 0.05) is 41.6 Å². The highest BCUT2D eigenvalue weighted by Crippen LogP contribution is 2.27. The molecule has 7 nitrogen and oxygen atoms in total. The molecular weight excluding hydrogens is 424 g/mol. The van der Waals surface area contributed by atoms with E-state index in [1.807, 2.05) is 35.2 Å². The SMILES string of the molecule is O=C(c1ccc(NC2=NS(=O)(=O)c3ccccc32)cc1)N1CCC(Nc2ccccc2)C1. The van der Waals surface area contributed by atoms with Gasteiger partial charge in [0.2, 0.25) is 0 Å². The molecule has 0 aliphatic carbocycles. The molecule has 5 rings (SSSR count). The lowest BCUT2D eigenvalue weighted by molar-refractivity contribution is 0.0791. The molecule has 3 aromatic rings. The number of carbonyl (C=O) groups excluding carboxylic acids is 1. The zero-order valence-electron chi connectivity index (χ0n) is 17.2. The van der Waals surface area contributed by atoms with Crippen LogP contribution in [0.25, 0.3) is 0 Å². The summed E-state index contributed by atoms with van der Waals surface area (Å²) in [6.45, 7) is 1.36. The highest BCUT2D eigenvalue weighted by molar-refractivity contribution is 7.90. The van der Waals surface area contributed by atoms with E-state index >= 15 is 0 Å². The maximum absolute atomic E-state index is 12.9. The molecule has 1 unspecified atom stereocenters. The average molecular weight is 447 g/mol. The van der Waals surface area contributed by atoms with Gasteiger partial charge in [-0.05, 0) is 55.0 Å². The number of benzene rings is 3. The van der Waals surface area contributed by atoms with Crippen molar-refractivity contribution in [2.24, 2.45) is 4.40 Å². The Morgan fingerprint density at radius 2 is 1.62 bits per heavy atom. The van der Waals surface area contributed by atoms with Gasteiger partial charge in [0.25, 0.3) is 15.9 Å². The predicted molar refractivity (Wildman–Crippen MR) is 125 cm³/mol. The molecule has 32 heavy (non-hydrogen) atoms. The lowest BCUT2D eigenvalue weighted by Gasteiger charge is -2.18. The van der Waals surface area contributed by atoms with E-state index in [0.717, 1.165) is 12.1 Å². The van der Waals surface area contributed by atoms with Gasteiger partial charge in [-0.1, -0.05) is 30.3 Å². The van der Waals surface area contributed by atoms with E-state index < -0.39 is 10.0 Å². The van der Waals surface area contributed by atoms with Crippen molar-refractivity contribution in [3.05, 3.63) is 90.0 Å². The second-order valence-corrected chi connectivity index (χ2v) is 9.43. The fourth-order valence-electron chi connectivity index (χ4n) is 4.04. The van der Waals surface area contributed by atoms with Crippen LogP contribution in [-0.2, 0) is 10.0 Å². The zero-order chi connectivity index (χ0) is 22.1. The molecule has 1 amide bonds. The number of nitrogens with zero attached hydrogens (tertiary/aromatic N) is 2. The van der Waals surface area contributed by atoms with Crippen LogP contribution >= 0.6 is 0 Å². The number of amides is 1. The molecule has 2 N–H and O–H groups in total. The van der Waals surface area contributed by atoms with Gasteiger partial charge >= 0.3 is 0 Å². The van der Waals surface area contributed by atoms with Crippen molar-refractivity contribution < 1.29 is 13.2 Å². The van der Waals surface area contributed by atoms with E-state index in [2.05, 4.69) is 15.0 Å². The van der Waals surface area contributed by atoms with Crippen molar-refractivity contribution >= 4 is 33.1 Å². The molecule has 1 saturated heterocycles. The van der Waals surface area contributed by atoms with E-state index in [9.17, 15) is 13.2 Å². The number of rotatable bonds is 4. The second-order valence-electron chi connectivity index (χ2n) is 7.86. The summed E-state index contributed by atoms with van der Waals surface area (Å²) in [4.78, 5) is 15.0. The largest absolute Gasteiger partial charge is 0.380 e. The van der Waals surface area contributed by atoms with Gasteiger partial charge < -0.3 is 15.5 Å². The standard InChI is InChI=1S/C24H22N4O3S/c29-24(28-15-14-20(16-28)25-18-6-2-1-3-7-18)17-10-12-19(13-11-17)26-23-21-8-4-5-9-22(21)32(30,31)27-23/h1-13,20,25H,14-16H2,(H,26,27). The maximum Gasteiger partial charge on any atom is 0.285 e. The first-order valence-electron chi connectivity index (χ1n) is 10.4. The molecule has 0 saturated carbocycles. The van der Waals surface area contributed by atoms with Gasteiger partial charge in [0.05, 0.1) is 0 Å². The number of anilines is 2. The average Bonchev–Trinajstić information content (AvgIpc) is 3.37. The molecular formula is C24H22N4O3S. The molecule has 0 bridgehead atoms. The van der Waals surface area contributed by atoms with Gasteiger partial charge in [-0.25, -0.2) is 0 Å². The van der Waals surface area contributed by atoms with Crippen molar-refractivity contribution in [3.8, 4) is 0 Å². The predicted octanol–water partition coefficient (Wildman–Crippen LogP) is 3.57. The first kappa shape index (κ1) is 20.3. The molecule has 2 aliphatic heterocycles. The number of likely N-dealkylation sites (tertiary alicyclic amines) is 1. The summed E-state index contributed by atoms with van der Waals surface area (Å²) < 4.78 is 28.2. The summed E-state index contributed by atoms with van der Waals surface area (Å²) in [5, 5.41) is 6.53. The molecule has 3 aromatic carbocycles. The normalized spacial score (nSPS) is 18.7. The lowest BCUT2D eigenvalue weighted by atomic mass is 10.1. The fourth-order valence-corrected chi connectivity index (χ4v) is 5.22. The molecule has 2 heterocycles. The Morgan fingerprint density at radius 3 is 2.41 bits per heavy atom.